The van der Waals surface area contributed by atoms with Crippen LogP contribution in [0.1, 0.15) is 41.6 Å². The third-order valence-electron chi connectivity index (χ3n) is 7.61. The third kappa shape index (κ3) is 7.01. The number of carbonyl (C=O) groups is 1. The lowest BCUT2D eigenvalue weighted by Crippen LogP contribution is -2.35. The Labute approximate surface area is 241 Å². The summed E-state index contributed by atoms with van der Waals surface area (Å²) in [6, 6.07) is 15.3. The molecule has 2 aliphatic rings. The average molecular weight is 582 g/mol. The van der Waals surface area contributed by atoms with Crippen LogP contribution in [-0.4, -0.2) is 65.7 Å². The Balaban J connectivity index is 1.35. The molecule has 0 radical (unpaired) electrons. The lowest BCUT2D eigenvalue weighted by Gasteiger charge is -2.26. The second-order valence-electron chi connectivity index (χ2n) is 10.5. The molecule has 2 aromatic carbocycles. The number of fused-ring (bicyclic) bond motifs is 1. The van der Waals surface area contributed by atoms with Gasteiger partial charge in [0.2, 0.25) is 15.9 Å². The molecule has 1 amide bonds. The Kier molecular flexibility index (Phi) is 9.05. The summed E-state index contributed by atoms with van der Waals surface area (Å²) in [4.78, 5) is 15.0. The van der Waals surface area contributed by atoms with Gasteiger partial charge in [0.05, 0.1) is 11.9 Å². The van der Waals surface area contributed by atoms with Gasteiger partial charge in [-0.3, -0.25) is 9.48 Å². The van der Waals surface area contributed by atoms with E-state index in [0.29, 0.717) is 24.5 Å². The molecule has 0 saturated carbocycles. The summed E-state index contributed by atoms with van der Waals surface area (Å²) in [5.41, 5.74) is 5.40. The van der Waals surface area contributed by atoms with E-state index in [1.165, 1.54) is 29.5 Å². The molecule has 2 aliphatic heterocycles. The Bertz CT molecular complexity index is 1480. The maximum Gasteiger partial charge on any atom is 0.244 e. The maximum atomic E-state index is 12.5. The summed E-state index contributed by atoms with van der Waals surface area (Å²) in [7, 11) is -3.33. The molecule has 1 N–H and O–H groups in total. The van der Waals surface area contributed by atoms with Crippen molar-refractivity contribution in [3.05, 3.63) is 82.0 Å². The van der Waals surface area contributed by atoms with Gasteiger partial charge >= 0.3 is 0 Å². The van der Waals surface area contributed by atoms with Crippen LogP contribution in [0.2, 0.25) is 5.02 Å². The van der Waals surface area contributed by atoms with Crippen molar-refractivity contribution in [3.63, 3.8) is 0 Å². The summed E-state index contributed by atoms with van der Waals surface area (Å²) >= 11 is 6.52. The van der Waals surface area contributed by atoms with E-state index in [4.69, 9.17) is 16.7 Å². The number of nitrogens with zero attached hydrogens (tertiary/aromatic N) is 4. The Hall–Kier alpha value is -2.98. The molecule has 212 valence electrons. The van der Waals surface area contributed by atoms with Crippen LogP contribution in [0, 0.1) is 0 Å². The molecule has 1 saturated heterocycles. The summed E-state index contributed by atoms with van der Waals surface area (Å²) in [6.07, 6.45) is 8.70. The molecule has 0 bridgehead atoms. The van der Waals surface area contributed by atoms with E-state index in [0.717, 1.165) is 66.2 Å². The number of hydrogen-bond donors (Lipinski definition) is 1. The zero-order chi connectivity index (χ0) is 28.1. The van der Waals surface area contributed by atoms with Crippen molar-refractivity contribution in [2.24, 2.45) is 0 Å². The number of aromatic nitrogens is 2. The number of benzene rings is 2. The second kappa shape index (κ2) is 12.7. The van der Waals surface area contributed by atoms with Gasteiger partial charge in [0.15, 0.2) is 0 Å². The van der Waals surface area contributed by atoms with E-state index in [1.54, 1.807) is 6.08 Å². The lowest BCUT2D eigenvalue weighted by atomic mass is 10.0. The van der Waals surface area contributed by atoms with Crippen molar-refractivity contribution < 1.29 is 13.2 Å². The van der Waals surface area contributed by atoms with Crippen LogP contribution in [0.3, 0.4) is 0 Å². The largest absolute Gasteiger partial charge is 0.348 e. The van der Waals surface area contributed by atoms with Gasteiger partial charge in [-0.05, 0) is 68.2 Å². The van der Waals surface area contributed by atoms with Crippen LogP contribution in [0.15, 0.2) is 54.6 Å². The van der Waals surface area contributed by atoms with Crippen LogP contribution in [0.5, 0.6) is 0 Å². The van der Waals surface area contributed by atoms with Gasteiger partial charge in [0.1, 0.15) is 0 Å². The number of sulfonamides is 1. The summed E-state index contributed by atoms with van der Waals surface area (Å²) in [5.74, 6) is -0.214. The van der Waals surface area contributed by atoms with Crippen LogP contribution in [-0.2, 0) is 40.9 Å². The van der Waals surface area contributed by atoms with E-state index in [2.05, 4.69) is 14.9 Å². The van der Waals surface area contributed by atoms with E-state index >= 15 is 0 Å². The smallest absolute Gasteiger partial charge is 0.244 e. The third-order valence-corrected chi connectivity index (χ3v) is 9.23. The predicted octanol–water partition coefficient (Wildman–Crippen LogP) is 4.34. The van der Waals surface area contributed by atoms with Crippen molar-refractivity contribution in [1.82, 2.24) is 24.3 Å². The Morgan fingerprint density at radius 3 is 2.60 bits per heavy atom. The summed E-state index contributed by atoms with van der Waals surface area (Å²) in [5, 5.41) is 8.47. The van der Waals surface area contributed by atoms with Gasteiger partial charge in [0, 0.05) is 60.5 Å². The number of hydrogen-bond acceptors (Lipinski definition) is 5. The van der Waals surface area contributed by atoms with Crippen molar-refractivity contribution in [1.29, 1.82) is 0 Å². The summed E-state index contributed by atoms with van der Waals surface area (Å²) < 4.78 is 28.4. The van der Waals surface area contributed by atoms with Crippen molar-refractivity contribution >= 4 is 33.6 Å². The van der Waals surface area contributed by atoms with Gasteiger partial charge in [-0.15, -0.1) is 0 Å². The standard InChI is InChI=1S/C30H36ClN5O3S/c1-40(38,39)35-19-14-28-26(22-35)30(33-36(28)18-7-17-34-15-5-6-16-34)24-11-12-27(31)25(20-24)21-32-29(37)13-10-23-8-3-2-4-9-23/h2-4,8-13,20H,5-7,14-19,21-22H2,1H3,(H,32,37)/b13-10-. The first kappa shape index (κ1) is 28.5. The molecule has 0 atom stereocenters. The number of halogens is 1. The van der Waals surface area contributed by atoms with Crippen molar-refractivity contribution in [2.45, 2.75) is 45.3 Å². The number of aryl methyl sites for hydroxylation is 1. The molecule has 3 aromatic rings. The number of carbonyl (C=O) groups excluding carboxylic acids is 1. The first-order valence-electron chi connectivity index (χ1n) is 13.8. The second-order valence-corrected chi connectivity index (χ2v) is 12.9. The monoisotopic (exact) mass is 581 g/mol. The van der Waals surface area contributed by atoms with Crippen LogP contribution < -0.4 is 5.32 Å². The molecule has 10 heteroatoms. The minimum absolute atomic E-state index is 0.214. The van der Waals surface area contributed by atoms with Crippen molar-refractivity contribution in [2.75, 3.05) is 32.4 Å². The lowest BCUT2D eigenvalue weighted by molar-refractivity contribution is -0.116. The molecule has 5 rings (SSSR count). The van der Waals surface area contributed by atoms with Gasteiger partial charge in [-0.1, -0.05) is 48.0 Å². The topological polar surface area (TPSA) is 87.5 Å². The van der Waals surface area contributed by atoms with Gasteiger partial charge in [0.25, 0.3) is 0 Å². The van der Waals surface area contributed by atoms with Crippen molar-refractivity contribution in [3.8, 4) is 11.3 Å². The molecule has 0 spiro atoms. The molecule has 8 nitrogen and oxygen atoms in total. The molecule has 0 unspecified atom stereocenters. The molecule has 3 heterocycles. The SMILES string of the molecule is CS(=O)(=O)N1CCc2c(c(-c3ccc(Cl)c(CNC(=O)/C=C\c4ccccc4)c3)nn2CCCN2CCCC2)C1. The molecular formula is C30H36ClN5O3S. The maximum absolute atomic E-state index is 12.5. The molecular weight excluding hydrogens is 546 g/mol. The molecule has 1 fully saturated rings. The average Bonchev–Trinajstić information content (AvgIpc) is 3.60. The van der Waals surface area contributed by atoms with E-state index in [9.17, 15) is 13.2 Å². The number of amides is 1. The minimum atomic E-state index is -3.33. The van der Waals surface area contributed by atoms with Gasteiger partial charge < -0.3 is 10.2 Å². The fourth-order valence-electron chi connectivity index (χ4n) is 5.45. The van der Waals surface area contributed by atoms with Crippen LogP contribution >= 0.6 is 11.6 Å². The number of rotatable bonds is 10. The number of likely N-dealkylation sites (tertiary alicyclic amines) is 1. The van der Waals surface area contributed by atoms with E-state index in [1.807, 2.05) is 48.5 Å². The fourth-order valence-corrected chi connectivity index (χ4v) is 6.42. The fraction of sp³-hybridized carbons (Fsp3) is 0.400. The molecule has 40 heavy (non-hydrogen) atoms. The van der Waals surface area contributed by atoms with E-state index in [-0.39, 0.29) is 12.5 Å². The highest BCUT2D eigenvalue weighted by Gasteiger charge is 2.30. The van der Waals surface area contributed by atoms with Gasteiger partial charge in [-0.2, -0.15) is 9.40 Å². The van der Waals surface area contributed by atoms with Gasteiger partial charge in [-0.25, -0.2) is 8.42 Å². The minimum Gasteiger partial charge on any atom is -0.348 e. The van der Waals surface area contributed by atoms with E-state index < -0.39 is 10.0 Å². The highest BCUT2D eigenvalue weighted by atomic mass is 35.5. The molecule has 0 aliphatic carbocycles. The predicted molar refractivity (Wildman–Crippen MR) is 159 cm³/mol. The zero-order valence-electron chi connectivity index (χ0n) is 22.9. The highest BCUT2D eigenvalue weighted by Crippen LogP contribution is 2.33. The number of nitrogens with one attached hydrogen (secondary N) is 1. The quantitative estimate of drug-likeness (QED) is 0.360. The van der Waals surface area contributed by atoms with Crippen LogP contribution in [0.25, 0.3) is 17.3 Å². The van der Waals surface area contributed by atoms with Crippen LogP contribution in [0.4, 0.5) is 0 Å². The zero-order valence-corrected chi connectivity index (χ0v) is 24.4. The Morgan fingerprint density at radius 1 is 1.07 bits per heavy atom. The summed E-state index contributed by atoms with van der Waals surface area (Å²) in [6.45, 7) is 5.19. The normalized spacial score (nSPS) is 16.4. The Morgan fingerprint density at radius 2 is 1.85 bits per heavy atom. The highest BCUT2D eigenvalue weighted by molar-refractivity contribution is 7.88. The molecule has 1 aromatic heterocycles. The first-order chi connectivity index (χ1) is 19.3. The first-order valence-corrected chi connectivity index (χ1v) is 16.1.